The minimum atomic E-state index is -0.645. The molecule has 5 heteroatoms. The number of para-hydroxylation sites is 1. The van der Waals surface area contributed by atoms with Crippen molar-refractivity contribution in [3.8, 4) is 0 Å². The maximum absolute atomic E-state index is 13.6. The Kier molecular flexibility index (Phi) is 2.84. The van der Waals surface area contributed by atoms with Crippen molar-refractivity contribution in [2.75, 3.05) is 38.8 Å². The smallest absolute Gasteiger partial charge is 0.315 e. The van der Waals surface area contributed by atoms with Crippen LogP contribution in [0.3, 0.4) is 0 Å². The highest BCUT2D eigenvalue weighted by atomic mass is 16.6. The van der Waals surface area contributed by atoms with E-state index in [1.54, 1.807) is 0 Å². The Morgan fingerprint density at radius 2 is 2.19 bits per heavy atom. The number of ether oxygens (including phenoxy) is 2. The van der Waals surface area contributed by atoms with Crippen LogP contribution < -0.4 is 4.90 Å². The average molecular weight is 366 g/mol. The van der Waals surface area contributed by atoms with Gasteiger partial charge in [-0.2, -0.15) is 0 Å². The van der Waals surface area contributed by atoms with Gasteiger partial charge in [-0.1, -0.05) is 29.8 Å². The van der Waals surface area contributed by atoms with Crippen LogP contribution in [-0.4, -0.2) is 56.5 Å². The van der Waals surface area contributed by atoms with Crippen molar-refractivity contribution in [3.63, 3.8) is 0 Å². The van der Waals surface area contributed by atoms with E-state index in [0.717, 1.165) is 25.9 Å². The molecule has 142 valence electrons. The van der Waals surface area contributed by atoms with Crippen molar-refractivity contribution in [1.29, 1.82) is 0 Å². The lowest BCUT2D eigenvalue weighted by molar-refractivity contribution is -0.183. The summed E-state index contributed by atoms with van der Waals surface area (Å²) in [6, 6.07) is 8.92. The van der Waals surface area contributed by atoms with E-state index in [1.165, 1.54) is 23.9 Å². The highest BCUT2D eigenvalue weighted by molar-refractivity contribution is 5.86. The summed E-state index contributed by atoms with van der Waals surface area (Å²) in [4.78, 5) is 18.5. The van der Waals surface area contributed by atoms with E-state index in [2.05, 4.69) is 54.1 Å². The molecule has 0 N–H and O–H groups in total. The average Bonchev–Trinajstić information content (AvgIpc) is 3.09. The highest BCUT2D eigenvalue weighted by Gasteiger charge is 2.86. The van der Waals surface area contributed by atoms with Gasteiger partial charge in [0.1, 0.15) is 5.41 Å². The summed E-state index contributed by atoms with van der Waals surface area (Å²) >= 11 is 0. The van der Waals surface area contributed by atoms with Crippen LogP contribution >= 0.6 is 0 Å². The summed E-state index contributed by atoms with van der Waals surface area (Å²) in [5.74, 6) is 0.0966. The standard InChI is InChI=1S/C22H26N2O3/c1-4-14-12-24-10-9-21-15-7-5-6-8-17(15)23(2)22(21)18(24)11-16(14)20(21,13-27-22)19(25)26-3/h4-8,16,18H,9-13H2,1-3H3/b14-4+/t16-,18-,20-,21-,22+/m0/s1. The molecule has 0 amide bonds. The van der Waals surface area contributed by atoms with Crippen molar-refractivity contribution in [1.82, 2.24) is 4.90 Å². The van der Waals surface area contributed by atoms with Gasteiger partial charge in [-0.25, -0.2) is 0 Å². The molecule has 1 aromatic rings. The van der Waals surface area contributed by atoms with Crippen molar-refractivity contribution in [3.05, 3.63) is 41.5 Å². The van der Waals surface area contributed by atoms with Crippen LogP contribution in [0, 0.1) is 11.3 Å². The highest BCUT2D eigenvalue weighted by Crippen LogP contribution is 2.76. The Bertz CT molecular complexity index is 897. The van der Waals surface area contributed by atoms with Crippen LogP contribution in [0.5, 0.6) is 0 Å². The Balaban J connectivity index is 1.75. The third-order valence-electron chi connectivity index (χ3n) is 8.59. The van der Waals surface area contributed by atoms with E-state index < -0.39 is 11.1 Å². The molecule has 1 aliphatic carbocycles. The molecule has 0 radical (unpaired) electrons. The second-order valence-electron chi connectivity index (χ2n) is 8.82. The fraction of sp³-hybridized carbons (Fsp3) is 0.591. The largest absolute Gasteiger partial charge is 0.468 e. The van der Waals surface area contributed by atoms with E-state index in [1.807, 2.05) is 0 Å². The number of fused-ring (bicyclic) bond motifs is 3. The van der Waals surface area contributed by atoms with Crippen molar-refractivity contribution >= 4 is 11.7 Å². The molecule has 1 saturated carbocycles. The van der Waals surface area contributed by atoms with Crippen LogP contribution in [0.15, 0.2) is 35.9 Å². The van der Waals surface area contributed by atoms with Crippen LogP contribution in [-0.2, 0) is 19.7 Å². The molecule has 4 heterocycles. The van der Waals surface area contributed by atoms with E-state index in [4.69, 9.17) is 9.47 Å². The maximum atomic E-state index is 13.6. The van der Waals surface area contributed by atoms with Crippen molar-refractivity contribution in [2.45, 2.75) is 36.9 Å². The number of piperidine rings is 2. The van der Waals surface area contributed by atoms with E-state index in [9.17, 15) is 4.79 Å². The van der Waals surface area contributed by atoms with Gasteiger partial charge < -0.3 is 14.4 Å². The normalized spacial score (nSPS) is 45.1. The number of likely N-dealkylation sites (N-methyl/N-ethyl adjacent to an activating group) is 1. The summed E-state index contributed by atoms with van der Waals surface area (Å²) in [7, 11) is 3.70. The summed E-state index contributed by atoms with van der Waals surface area (Å²) in [6.45, 7) is 4.50. The number of benzene rings is 1. The molecule has 4 fully saturated rings. The van der Waals surface area contributed by atoms with Gasteiger partial charge in [0, 0.05) is 31.7 Å². The Labute approximate surface area is 159 Å². The van der Waals surface area contributed by atoms with Crippen LogP contribution in [0.4, 0.5) is 5.69 Å². The van der Waals surface area contributed by atoms with E-state index in [-0.39, 0.29) is 17.3 Å². The van der Waals surface area contributed by atoms with Crippen LogP contribution in [0.25, 0.3) is 0 Å². The topological polar surface area (TPSA) is 42.0 Å². The number of carbonyl (C=O) groups excluding carboxylic acids is 1. The zero-order valence-electron chi connectivity index (χ0n) is 16.2. The number of allylic oxidation sites excluding steroid dienone is 1. The molecular weight excluding hydrogens is 340 g/mol. The zero-order chi connectivity index (χ0) is 18.6. The molecule has 0 spiro atoms. The van der Waals surface area contributed by atoms with Gasteiger partial charge in [-0.15, -0.1) is 0 Å². The molecule has 27 heavy (non-hydrogen) atoms. The number of hydrogen-bond acceptors (Lipinski definition) is 5. The van der Waals surface area contributed by atoms with Gasteiger partial charge in [0.15, 0.2) is 5.72 Å². The minimum absolute atomic E-state index is 0.0902. The van der Waals surface area contributed by atoms with Gasteiger partial charge in [-0.05, 0) is 31.4 Å². The molecular formula is C22H26N2O3. The first-order chi connectivity index (χ1) is 13.1. The number of rotatable bonds is 1. The number of hydrogen-bond donors (Lipinski definition) is 0. The van der Waals surface area contributed by atoms with Crippen molar-refractivity contribution in [2.24, 2.45) is 11.3 Å². The van der Waals surface area contributed by atoms with Gasteiger partial charge in [-0.3, -0.25) is 9.69 Å². The predicted molar refractivity (Wildman–Crippen MR) is 101 cm³/mol. The first-order valence-electron chi connectivity index (χ1n) is 10.0. The molecule has 6 rings (SSSR count). The third-order valence-corrected chi connectivity index (χ3v) is 8.59. The Morgan fingerprint density at radius 3 is 2.96 bits per heavy atom. The SMILES string of the molecule is C/C=C1\CN2CC[C@@]34c5ccccc5N(C)[C@]35OC[C@@]4(C(=O)OC)[C@H]1C[C@H]25. The molecule has 3 saturated heterocycles. The molecule has 5 atom stereocenters. The molecule has 0 unspecified atom stereocenters. The fourth-order valence-corrected chi connectivity index (χ4v) is 7.75. The summed E-state index contributed by atoms with van der Waals surface area (Å²) < 4.78 is 12.3. The minimum Gasteiger partial charge on any atom is -0.468 e. The molecule has 5 nitrogen and oxygen atoms in total. The van der Waals surface area contributed by atoms with E-state index in [0.29, 0.717) is 12.6 Å². The summed E-state index contributed by atoms with van der Waals surface area (Å²) in [5, 5.41) is 0. The first-order valence-corrected chi connectivity index (χ1v) is 10.0. The maximum Gasteiger partial charge on any atom is 0.315 e. The number of nitrogens with zero attached hydrogens (tertiary/aromatic N) is 2. The predicted octanol–water partition coefficient (Wildman–Crippen LogP) is 2.31. The zero-order valence-corrected chi connectivity index (χ0v) is 16.2. The molecule has 5 aliphatic rings. The molecule has 4 aliphatic heterocycles. The first kappa shape index (κ1) is 16.1. The molecule has 5 bridgehead atoms. The van der Waals surface area contributed by atoms with Gasteiger partial charge in [0.25, 0.3) is 0 Å². The monoisotopic (exact) mass is 366 g/mol. The lowest BCUT2D eigenvalue weighted by Gasteiger charge is -2.66. The molecule has 0 aromatic heterocycles. The fourth-order valence-electron chi connectivity index (χ4n) is 7.75. The summed E-state index contributed by atoms with van der Waals surface area (Å²) in [5.41, 5.74) is 2.40. The van der Waals surface area contributed by atoms with Gasteiger partial charge >= 0.3 is 5.97 Å². The Hall–Kier alpha value is -1.85. The number of methoxy groups -OCH3 is 1. The second kappa shape index (κ2) is 4.76. The van der Waals surface area contributed by atoms with E-state index >= 15 is 0 Å². The van der Waals surface area contributed by atoms with Crippen LogP contribution in [0.1, 0.15) is 25.3 Å². The van der Waals surface area contributed by atoms with Gasteiger partial charge in [0.2, 0.25) is 0 Å². The second-order valence-corrected chi connectivity index (χ2v) is 8.82. The van der Waals surface area contributed by atoms with Gasteiger partial charge in [0.05, 0.1) is 25.2 Å². The summed E-state index contributed by atoms with van der Waals surface area (Å²) in [6.07, 6.45) is 4.13. The Morgan fingerprint density at radius 1 is 1.37 bits per heavy atom. The lowest BCUT2D eigenvalue weighted by atomic mass is 9.43. The lowest BCUT2D eigenvalue weighted by Crippen LogP contribution is -2.80. The van der Waals surface area contributed by atoms with Crippen molar-refractivity contribution < 1.29 is 14.3 Å². The van der Waals surface area contributed by atoms with Crippen LogP contribution in [0.2, 0.25) is 0 Å². The third kappa shape index (κ3) is 1.34. The number of anilines is 1. The number of carbonyl (C=O) groups is 1. The molecule has 1 aromatic carbocycles. The quantitative estimate of drug-likeness (QED) is 0.564. The number of esters is 1.